The van der Waals surface area contributed by atoms with Crippen LogP contribution in [0.5, 0.6) is 5.75 Å². The highest BCUT2D eigenvalue weighted by Crippen LogP contribution is 2.26. The summed E-state index contributed by atoms with van der Waals surface area (Å²) in [5, 5.41) is 9.50. The molecule has 0 aliphatic carbocycles. The molecule has 0 radical (unpaired) electrons. The number of hydrogen-bond donors (Lipinski definition) is 1. The number of fused-ring (bicyclic) bond motifs is 1. The molecule has 0 saturated heterocycles. The molecule has 0 saturated carbocycles. The van der Waals surface area contributed by atoms with Crippen LogP contribution in [0.25, 0.3) is 16.8 Å². The van der Waals surface area contributed by atoms with Crippen LogP contribution >= 0.6 is 11.3 Å². The van der Waals surface area contributed by atoms with E-state index in [1.54, 1.807) is 23.9 Å². The molecule has 6 nitrogen and oxygen atoms in total. The van der Waals surface area contributed by atoms with Gasteiger partial charge >= 0.3 is 0 Å². The molecule has 0 spiro atoms. The molecule has 4 aromatic rings. The quantitative estimate of drug-likeness (QED) is 0.609. The normalized spacial score (nSPS) is 10.8. The number of aromatic nitrogens is 3. The van der Waals surface area contributed by atoms with Crippen LogP contribution in [-0.2, 0) is 0 Å². The van der Waals surface area contributed by atoms with Crippen molar-refractivity contribution in [2.24, 2.45) is 0 Å². The molecule has 0 aliphatic heterocycles. The molecule has 0 bridgehead atoms. The van der Waals surface area contributed by atoms with Gasteiger partial charge in [0, 0.05) is 17.1 Å². The first kappa shape index (κ1) is 15.3. The summed E-state index contributed by atoms with van der Waals surface area (Å²) in [6.45, 7) is 0. The van der Waals surface area contributed by atoms with E-state index < -0.39 is 0 Å². The zero-order valence-corrected chi connectivity index (χ0v) is 14.2. The van der Waals surface area contributed by atoms with Crippen molar-refractivity contribution in [1.29, 1.82) is 0 Å². The van der Waals surface area contributed by atoms with Gasteiger partial charge in [-0.25, -0.2) is 9.50 Å². The first-order valence-corrected chi connectivity index (χ1v) is 8.46. The van der Waals surface area contributed by atoms with Crippen molar-refractivity contribution in [2.45, 2.75) is 0 Å². The summed E-state index contributed by atoms with van der Waals surface area (Å²) in [6, 6.07) is 15.0. The number of pyridine rings is 1. The number of rotatable bonds is 4. The number of nitrogens with one attached hydrogen (secondary N) is 1. The summed E-state index contributed by atoms with van der Waals surface area (Å²) in [5.41, 5.74) is 2.99. The van der Waals surface area contributed by atoms with Crippen LogP contribution in [0.1, 0.15) is 10.5 Å². The number of carbonyl (C=O) groups is 1. The number of methoxy groups -OCH3 is 1. The minimum absolute atomic E-state index is 0.278. The number of amides is 1. The van der Waals surface area contributed by atoms with Crippen LogP contribution in [0.15, 0.2) is 60.1 Å². The SMILES string of the molecule is COc1ccc(-c2csc(NC(=O)c3cc4ccccn4n3)n2)cc1. The lowest BCUT2D eigenvalue weighted by Crippen LogP contribution is -2.12. The Labute approximate surface area is 147 Å². The molecule has 0 fully saturated rings. The number of nitrogens with zero attached hydrogens (tertiary/aromatic N) is 3. The summed E-state index contributed by atoms with van der Waals surface area (Å²) in [7, 11) is 1.63. The lowest BCUT2D eigenvalue weighted by atomic mass is 10.2. The zero-order chi connectivity index (χ0) is 17.2. The molecule has 0 atom stereocenters. The fraction of sp³-hybridized carbons (Fsp3) is 0.0556. The molecule has 0 aliphatic rings. The Kier molecular flexibility index (Phi) is 3.91. The number of thiazole rings is 1. The second kappa shape index (κ2) is 6.37. The largest absolute Gasteiger partial charge is 0.497 e. The topological polar surface area (TPSA) is 68.5 Å². The third kappa shape index (κ3) is 3.09. The van der Waals surface area contributed by atoms with Crippen molar-refractivity contribution in [3.63, 3.8) is 0 Å². The Morgan fingerprint density at radius 1 is 1.20 bits per heavy atom. The number of benzene rings is 1. The number of hydrogen-bond acceptors (Lipinski definition) is 5. The van der Waals surface area contributed by atoms with Gasteiger partial charge in [-0.3, -0.25) is 10.1 Å². The van der Waals surface area contributed by atoms with Gasteiger partial charge in [-0.1, -0.05) is 6.07 Å². The summed E-state index contributed by atoms with van der Waals surface area (Å²) in [5.74, 6) is 0.513. The van der Waals surface area contributed by atoms with Gasteiger partial charge in [0.25, 0.3) is 5.91 Å². The van der Waals surface area contributed by atoms with Crippen molar-refractivity contribution < 1.29 is 9.53 Å². The van der Waals surface area contributed by atoms with Crippen LogP contribution in [-0.4, -0.2) is 27.6 Å². The van der Waals surface area contributed by atoms with Gasteiger partial charge in [-0.2, -0.15) is 5.10 Å². The summed E-state index contributed by atoms with van der Waals surface area (Å²) < 4.78 is 6.82. The average Bonchev–Trinajstić information content (AvgIpc) is 3.28. The van der Waals surface area contributed by atoms with Crippen LogP contribution < -0.4 is 10.1 Å². The standard InChI is InChI=1S/C18H14N4O2S/c1-24-14-7-5-12(6-8-14)16-11-25-18(19-16)20-17(23)15-10-13-4-2-3-9-22(13)21-15/h2-11H,1H3,(H,19,20,23). The average molecular weight is 350 g/mol. The van der Waals surface area contributed by atoms with E-state index in [2.05, 4.69) is 15.4 Å². The lowest BCUT2D eigenvalue weighted by molar-refractivity contribution is 0.102. The fourth-order valence-corrected chi connectivity index (χ4v) is 3.15. The van der Waals surface area contributed by atoms with E-state index in [-0.39, 0.29) is 5.91 Å². The van der Waals surface area contributed by atoms with Crippen LogP contribution in [0.3, 0.4) is 0 Å². The van der Waals surface area contributed by atoms with Gasteiger partial charge in [-0.15, -0.1) is 11.3 Å². The van der Waals surface area contributed by atoms with E-state index in [9.17, 15) is 4.79 Å². The van der Waals surface area contributed by atoms with E-state index in [1.807, 2.05) is 47.8 Å². The maximum Gasteiger partial charge on any atom is 0.277 e. The van der Waals surface area contributed by atoms with Crippen molar-refractivity contribution in [1.82, 2.24) is 14.6 Å². The molecule has 1 aromatic carbocycles. The van der Waals surface area contributed by atoms with Gasteiger partial charge < -0.3 is 4.74 Å². The summed E-state index contributed by atoms with van der Waals surface area (Å²) in [6.07, 6.45) is 1.80. The molecule has 7 heteroatoms. The Hall–Kier alpha value is -3.19. The first-order valence-electron chi connectivity index (χ1n) is 7.59. The van der Waals surface area contributed by atoms with E-state index in [0.717, 1.165) is 22.5 Å². The van der Waals surface area contributed by atoms with Crippen LogP contribution in [0.2, 0.25) is 0 Å². The third-order valence-electron chi connectivity index (χ3n) is 3.71. The summed E-state index contributed by atoms with van der Waals surface area (Å²) in [4.78, 5) is 16.8. The molecule has 124 valence electrons. The molecule has 4 rings (SSSR count). The molecular formula is C18H14N4O2S. The molecule has 3 aromatic heterocycles. The predicted molar refractivity (Wildman–Crippen MR) is 97.2 cm³/mol. The van der Waals surface area contributed by atoms with Crippen molar-refractivity contribution in [3.8, 4) is 17.0 Å². The van der Waals surface area contributed by atoms with Crippen LogP contribution in [0.4, 0.5) is 5.13 Å². The van der Waals surface area contributed by atoms with Crippen molar-refractivity contribution in [2.75, 3.05) is 12.4 Å². The van der Waals surface area contributed by atoms with Gasteiger partial charge in [0.05, 0.1) is 18.3 Å². The van der Waals surface area contributed by atoms with Gasteiger partial charge in [0.2, 0.25) is 0 Å². The number of ether oxygens (including phenoxy) is 1. The highest BCUT2D eigenvalue weighted by Gasteiger charge is 2.13. The van der Waals surface area contributed by atoms with E-state index >= 15 is 0 Å². The number of anilines is 1. The first-order chi connectivity index (χ1) is 12.2. The summed E-state index contributed by atoms with van der Waals surface area (Å²) >= 11 is 1.38. The monoisotopic (exact) mass is 350 g/mol. The predicted octanol–water partition coefficient (Wildman–Crippen LogP) is 3.72. The fourth-order valence-electron chi connectivity index (χ4n) is 2.44. The lowest BCUT2D eigenvalue weighted by Gasteiger charge is -2.00. The third-order valence-corrected chi connectivity index (χ3v) is 4.47. The van der Waals surface area contributed by atoms with E-state index in [0.29, 0.717) is 10.8 Å². The highest BCUT2D eigenvalue weighted by molar-refractivity contribution is 7.14. The van der Waals surface area contributed by atoms with Gasteiger partial charge in [0.15, 0.2) is 10.8 Å². The number of carbonyl (C=O) groups excluding carboxylic acids is 1. The minimum atomic E-state index is -0.278. The minimum Gasteiger partial charge on any atom is -0.497 e. The Bertz CT molecular complexity index is 1000. The van der Waals surface area contributed by atoms with Crippen molar-refractivity contribution in [3.05, 3.63) is 65.8 Å². The van der Waals surface area contributed by atoms with Gasteiger partial charge in [0.1, 0.15) is 5.75 Å². The van der Waals surface area contributed by atoms with Crippen molar-refractivity contribution >= 4 is 27.9 Å². The molecular weight excluding hydrogens is 336 g/mol. The molecule has 1 N–H and O–H groups in total. The highest BCUT2D eigenvalue weighted by atomic mass is 32.1. The maximum atomic E-state index is 12.4. The molecule has 0 unspecified atom stereocenters. The molecule has 25 heavy (non-hydrogen) atoms. The van der Waals surface area contributed by atoms with Gasteiger partial charge in [-0.05, 0) is 42.5 Å². The molecule has 3 heterocycles. The Morgan fingerprint density at radius 2 is 2.04 bits per heavy atom. The second-order valence-corrected chi connectivity index (χ2v) is 6.18. The smallest absolute Gasteiger partial charge is 0.277 e. The molecule has 1 amide bonds. The van der Waals surface area contributed by atoms with Crippen LogP contribution in [0, 0.1) is 0 Å². The second-order valence-electron chi connectivity index (χ2n) is 5.32. The maximum absolute atomic E-state index is 12.4. The van der Waals surface area contributed by atoms with E-state index in [4.69, 9.17) is 4.74 Å². The Morgan fingerprint density at radius 3 is 2.80 bits per heavy atom. The van der Waals surface area contributed by atoms with E-state index in [1.165, 1.54) is 11.3 Å². The zero-order valence-electron chi connectivity index (χ0n) is 13.3. The Balaban J connectivity index is 1.52.